The molecule has 114 valence electrons. The van der Waals surface area contributed by atoms with Gasteiger partial charge in [0.2, 0.25) is 0 Å². The summed E-state index contributed by atoms with van der Waals surface area (Å²) in [6.07, 6.45) is -2.27. The van der Waals surface area contributed by atoms with Crippen LogP contribution in [-0.2, 0) is 6.18 Å². The zero-order valence-electron chi connectivity index (χ0n) is 12.6. The maximum atomic E-state index is 12.7. The predicted octanol–water partition coefficient (Wildman–Crippen LogP) is 5.10. The molecule has 4 heteroatoms. The van der Waals surface area contributed by atoms with Gasteiger partial charge in [0.05, 0.1) is 5.56 Å². The first-order chi connectivity index (χ1) is 9.25. The molecule has 0 amide bonds. The van der Waals surface area contributed by atoms with Gasteiger partial charge in [0, 0.05) is 6.04 Å². The Morgan fingerprint density at radius 2 is 1.80 bits per heavy atom. The smallest absolute Gasteiger partial charge is 0.310 e. The van der Waals surface area contributed by atoms with Crippen molar-refractivity contribution in [3.8, 4) is 0 Å². The van der Waals surface area contributed by atoms with Crippen molar-refractivity contribution in [2.75, 3.05) is 6.54 Å². The lowest BCUT2D eigenvalue weighted by Gasteiger charge is -2.22. The van der Waals surface area contributed by atoms with Crippen LogP contribution in [-0.4, -0.2) is 6.54 Å². The minimum atomic E-state index is -4.27. The number of alkyl halides is 3. The maximum absolute atomic E-state index is 12.7. The lowest BCUT2D eigenvalue weighted by atomic mass is 9.93. The first kappa shape index (κ1) is 17.0. The van der Waals surface area contributed by atoms with Gasteiger partial charge in [-0.1, -0.05) is 26.8 Å². The maximum Gasteiger partial charge on any atom is 0.416 e. The molecule has 0 radical (unpaired) electrons. The molecule has 0 heterocycles. The van der Waals surface area contributed by atoms with Crippen LogP contribution >= 0.6 is 0 Å². The van der Waals surface area contributed by atoms with Crippen LogP contribution < -0.4 is 5.32 Å². The highest BCUT2D eigenvalue weighted by Gasteiger charge is 2.31. The third kappa shape index (κ3) is 4.82. The number of nitrogens with one attached hydrogen (secondary N) is 1. The Labute approximate surface area is 119 Å². The fraction of sp³-hybridized carbons (Fsp3) is 0.625. The van der Waals surface area contributed by atoms with Crippen LogP contribution in [0.3, 0.4) is 0 Å². The quantitative estimate of drug-likeness (QED) is 0.767. The van der Waals surface area contributed by atoms with E-state index >= 15 is 0 Å². The van der Waals surface area contributed by atoms with Crippen molar-refractivity contribution >= 4 is 0 Å². The van der Waals surface area contributed by atoms with E-state index in [4.69, 9.17) is 0 Å². The summed E-state index contributed by atoms with van der Waals surface area (Å²) >= 11 is 0. The largest absolute Gasteiger partial charge is 0.416 e. The Hall–Kier alpha value is -1.03. The van der Waals surface area contributed by atoms with Crippen LogP contribution in [0.25, 0.3) is 0 Å². The molecular formula is C16H24F3N. The summed E-state index contributed by atoms with van der Waals surface area (Å²) in [6.45, 7) is 8.89. The van der Waals surface area contributed by atoms with E-state index in [9.17, 15) is 13.2 Å². The van der Waals surface area contributed by atoms with E-state index in [2.05, 4.69) is 19.2 Å². The van der Waals surface area contributed by atoms with Crippen LogP contribution in [0.2, 0.25) is 0 Å². The molecule has 1 atom stereocenters. The number of hydrogen-bond acceptors (Lipinski definition) is 1. The van der Waals surface area contributed by atoms with E-state index in [0.29, 0.717) is 11.5 Å². The monoisotopic (exact) mass is 287 g/mol. The highest BCUT2D eigenvalue weighted by molar-refractivity contribution is 5.34. The van der Waals surface area contributed by atoms with E-state index in [1.54, 1.807) is 13.0 Å². The first-order valence-corrected chi connectivity index (χ1v) is 7.16. The molecule has 20 heavy (non-hydrogen) atoms. The summed E-state index contributed by atoms with van der Waals surface area (Å²) in [7, 11) is 0. The number of benzene rings is 1. The van der Waals surface area contributed by atoms with E-state index in [-0.39, 0.29) is 6.04 Å². The predicted molar refractivity (Wildman–Crippen MR) is 76.7 cm³/mol. The Balaban J connectivity index is 2.96. The zero-order chi connectivity index (χ0) is 15.3. The molecule has 0 saturated carbocycles. The molecule has 1 aromatic rings. The summed E-state index contributed by atoms with van der Waals surface area (Å²) < 4.78 is 38.1. The number of hydrogen-bond donors (Lipinski definition) is 1. The van der Waals surface area contributed by atoms with Crippen molar-refractivity contribution in [2.45, 2.75) is 52.8 Å². The molecule has 1 unspecified atom stereocenters. The third-order valence-electron chi connectivity index (χ3n) is 3.46. The molecule has 0 aromatic heterocycles. The molecule has 0 spiro atoms. The Bertz CT molecular complexity index is 424. The van der Waals surface area contributed by atoms with Gasteiger partial charge in [0.25, 0.3) is 0 Å². The van der Waals surface area contributed by atoms with Crippen molar-refractivity contribution < 1.29 is 13.2 Å². The van der Waals surface area contributed by atoms with Gasteiger partial charge < -0.3 is 5.32 Å². The molecule has 0 aliphatic heterocycles. The molecule has 1 rings (SSSR count). The van der Waals surface area contributed by atoms with Crippen LogP contribution in [0, 0.1) is 12.8 Å². The van der Waals surface area contributed by atoms with Gasteiger partial charge in [-0.25, -0.2) is 0 Å². The Morgan fingerprint density at radius 1 is 1.15 bits per heavy atom. The van der Waals surface area contributed by atoms with Crippen molar-refractivity contribution in [3.63, 3.8) is 0 Å². The van der Waals surface area contributed by atoms with Crippen LogP contribution in [0.15, 0.2) is 18.2 Å². The lowest BCUT2D eigenvalue weighted by molar-refractivity contribution is -0.137. The van der Waals surface area contributed by atoms with Crippen molar-refractivity contribution in [2.24, 2.45) is 5.92 Å². The SMILES string of the molecule is CCNC(CCC(C)C)c1ccc(C(F)(F)F)cc1C. The van der Waals surface area contributed by atoms with Gasteiger partial charge in [0.15, 0.2) is 0 Å². The van der Waals surface area contributed by atoms with E-state index in [1.165, 1.54) is 12.1 Å². The van der Waals surface area contributed by atoms with Crippen molar-refractivity contribution in [1.29, 1.82) is 0 Å². The fourth-order valence-electron chi connectivity index (χ4n) is 2.36. The Kier molecular flexibility index (Phi) is 6.06. The lowest BCUT2D eigenvalue weighted by Crippen LogP contribution is -2.22. The second-order valence-corrected chi connectivity index (χ2v) is 5.65. The molecule has 1 aromatic carbocycles. The summed E-state index contributed by atoms with van der Waals surface area (Å²) in [5, 5.41) is 3.37. The normalized spacial score (nSPS) is 13.8. The standard InChI is InChI=1S/C16H24F3N/c1-5-20-15(9-6-11(2)3)14-8-7-13(10-12(14)4)16(17,18)19/h7-8,10-11,15,20H,5-6,9H2,1-4H3. The van der Waals surface area contributed by atoms with Gasteiger partial charge in [-0.3, -0.25) is 0 Å². The Morgan fingerprint density at radius 3 is 2.25 bits per heavy atom. The van der Waals surface area contributed by atoms with E-state index in [1.807, 2.05) is 6.92 Å². The highest BCUT2D eigenvalue weighted by atomic mass is 19.4. The van der Waals surface area contributed by atoms with Gasteiger partial charge in [-0.15, -0.1) is 0 Å². The molecule has 0 aliphatic carbocycles. The molecular weight excluding hydrogens is 263 g/mol. The summed E-state index contributed by atoms with van der Waals surface area (Å²) in [5.41, 5.74) is 1.10. The highest BCUT2D eigenvalue weighted by Crippen LogP contribution is 2.32. The second kappa shape index (κ2) is 7.11. The summed E-state index contributed by atoms with van der Waals surface area (Å²) in [6, 6.07) is 4.17. The molecule has 1 nitrogen and oxygen atoms in total. The first-order valence-electron chi connectivity index (χ1n) is 7.16. The van der Waals surface area contributed by atoms with E-state index in [0.717, 1.165) is 24.9 Å². The molecule has 1 N–H and O–H groups in total. The fourth-order valence-corrected chi connectivity index (χ4v) is 2.36. The topological polar surface area (TPSA) is 12.0 Å². The molecule has 0 aliphatic rings. The van der Waals surface area contributed by atoms with Gasteiger partial charge in [-0.2, -0.15) is 13.2 Å². The number of aryl methyl sites for hydroxylation is 1. The summed E-state index contributed by atoms with van der Waals surface area (Å²) in [5.74, 6) is 0.589. The molecule has 0 bridgehead atoms. The van der Waals surface area contributed by atoms with Crippen molar-refractivity contribution in [3.05, 3.63) is 34.9 Å². The van der Waals surface area contributed by atoms with Gasteiger partial charge in [0.1, 0.15) is 0 Å². The van der Waals surface area contributed by atoms with Gasteiger partial charge in [-0.05, 0) is 55.5 Å². The molecule has 0 saturated heterocycles. The summed E-state index contributed by atoms with van der Waals surface area (Å²) in [4.78, 5) is 0. The number of rotatable bonds is 6. The number of halogens is 3. The van der Waals surface area contributed by atoms with E-state index < -0.39 is 11.7 Å². The second-order valence-electron chi connectivity index (χ2n) is 5.65. The average Bonchev–Trinajstić information content (AvgIpc) is 2.33. The van der Waals surface area contributed by atoms with Crippen LogP contribution in [0.5, 0.6) is 0 Å². The minimum absolute atomic E-state index is 0.129. The molecule has 0 fully saturated rings. The minimum Gasteiger partial charge on any atom is -0.310 e. The average molecular weight is 287 g/mol. The third-order valence-corrected chi connectivity index (χ3v) is 3.46. The zero-order valence-corrected chi connectivity index (χ0v) is 12.6. The van der Waals surface area contributed by atoms with Gasteiger partial charge >= 0.3 is 6.18 Å². The van der Waals surface area contributed by atoms with Crippen LogP contribution in [0.4, 0.5) is 13.2 Å². The van der Waals surface area contributed by atoms with Crippen molar-refractivity contribution in [1.82, 2.24) is 5.32 Å². The van der Waals surface area contributed by atoms with Crippen LogP contribution in [0.1, 0.15) is 56.3 Å².